The SMILES string of the molecule is Cc1cn(CC(=O)N[C@H](C)c2nc(-c3ccncc3)no2)c(=O)[nH]c1=O. The van der Waals surface area contributed by atoms with Gasteiger partial charge in [0.2, 0.25) is 17.6 Å². The van der Waals surface area contributed by atoms with Gasteiger partial charge in [-0.05, 0) is 26.0 Å². The van der Waals surface area contributed by atoms with Crippen molar-refractivity contribution >= 4 is 5.91 Å². The molecule has 3 aromatic heterocycles. The van der Waals surface area contributed by atoms with E-state index in [0.717, 1.165) is 10.1 Å². The molecule has 134 valence electrons. The van der Waals surface area contributed by atoms with Gasteiger partial charge in [-0.25, -0.2) is 4.79 Å². The monoisotopic (exact) mass is 356 g/mol. The maximum atomic E-state index is 12.2. The lowest BCUT2D eigenvalue weighted by molar-refractivity contribution is -0.122. The summed E-state index contributed by atoms with van der Waals surface area (Å²) in [7, 11) is 0. The quantitative estimate of drug-likeness (QED) is 0.665. The molecule has 0 saturated heterocycles. The predicted octanol–water partition coefficient (Wildman–Crippen LogP) is 0.167. The number of rotatable bonds is 5. The van der Waals surface area contributed by atoms with E-state index >= 15 is 0 Å². The summed E-state index contributed by atoms with van der Waals surface area (Å²) in [6.07, 6.45) is 4.56. The third-order valence-electron chi connectivity index (χ3n) is 3.63. The van der Waals surface area contributed by atoms with Crippen LogP contribution in [-0.4, -0.2) is 30.6 Å². The number of aromatic nitrogens is 5. The van der Waals surface area contributed by atoms with Gasteiger partial charge in [-0.1, -0.05) is 5.16 Å². The molecule has 10 heteroatoms. The largest absolute Gasteiger partial charge is 0.343 e. The molecule has 0 aliphatic carbocycles. The topological polar surface area (TPSA) is 136 Å². The van der Waals surface area contributed by atoms with E-state index < -0.39 is 23.2 Å². The highest BCUT2D eigenvalue weighted by molar-refractivity contribution is 5.76. The number of amides is 1. The van der Waals surface area contributed by atoms with Crippen molar-refractivity contribution in [3.8, 4) is 11.4 Å². The Bertz CT molecular complexity index is 1040. The predicted molar refractivity (Wildman–Crippen MR) is 90.1 cm³/mol. The van der Waals surface area contributed by atoms with Gasteiger partial charge in [-0.15, -0.1) is 0 Å². The Balaban J connectivity index is 1.68. The molecule has 3 aromatic rings. The molecule has 3 rings (SSSR count). The van der Waals surface area contributed by atoms with E-state index in [1.54, 1.807) is 38.4 Å². The number of carbonyl (C=O) groups excluding carboxylic acids is 1. The highest BCUT2D eigenvalue weighted by atomic mass is 16.5. The number of H-pyrrole nitrogens is 1. The van der Waals surface area contributed by atoms with Crippen LogP contribution in [0.25, 0.3) is 11.4 Å². The molecular weight excluding hydrogens is 340 g/mol. The van der Waals surface area contributed by atoms with Crippen molar-refractivity contribution < 1.29 is 9.32 Å². The lowest BCUT2D eigenvalue weighted by Crippen LogP contribution is -2.37. The Kier molecular flexibility index (Phi) is 4.74. The van der Waals surface area contributed by atoms with Crippen LogP contribution in [0.2, 0.25) is 0 Å². The zero-order chi connectivity index (χ0) is 18.7. The summed E-state index contributed by atoms with van der Waals surface area (Å²) in [6, 6.07) is 2.93. The Morgan fingerprint density at radius 1 is 1.35 bits per heavy atom. The molecule has 0 fully saturated rings. The first-order valence-electron chi connectivity index (χ1n) is 7.78. The fourth-order valence-electron chi connectivity index (χ4n) is 2.27. The Hall–Kier alpha value is -3.56. The third kappa shape index (κ3) is 3.74. The zero-order valence-electron chi connectivity index (χ0n) is 14.1. The molecule has 0 unspecified atom stereocenters. The standard InChI is InChI=1S/C16H16N6O4/c1-9-7-22(16(25)20-14(9)24)8-12(23)18-10(2)15-19-13(21-26-15)11-3-5-17-6-4-11/h3-7,10H,8H2,1-2H3,(H,18,23)(H,20,24,25)/t10-/m1/s1. The van der Waals surface area contributed by atoms with Crippen molar-refractivity contribution in [2.24, 2.45) is 0 Å². The van der Waals surface area contributed by atoms with Crippen LogP contribution in [0.1, 0.15) is 24.4 Å². The van der Waals surface area contributed by atoms with Crippen molar-refractivity contribution in [1.82, 2.24) is 30.0 Å². The molecule has 3 heterocycles. The van der Waals surface area contributed by atoms with E-state index in [1.807, 2.05) is 0 Å². The van der Waals surface area contributed by atoms with Crippen LogP contribution >= 0.6 is 0 Å². The number of carbonyl (C=O) groups is 1. The fraction of sp³-hybridized carbons (Fsp3) is 0.250. The second-order valence-corrected chi connectivity index (χ2v) is 5.68. The van der Waals surface area contributed by atoms with Crippen LogP contribution in [0.3, 0.4) is 0 Å². The average Bonchev–Trinajstić information content (AvgIpc) is 3.10. The fourth-order valence-corrected chi connectivity index (χ4v) is 2.27. The molecule has 0 radical (unpaired) electrons. The third-order valence-corrected chi connectivity index (χ3v) is 3.63. The van der Waals surface area contributed by atoms with Gasteiger partial charge in [-0.3, -0.25) is 24.1 Å². The van der Waals surface area contributed by atoms with Crippen LogP contribution in [0.4, 0.5) is 0 Å². The second kappa shape index (κ2) is 7.13. The number of nitrogens with zero attached hydrogens (tertiary/aromatic N) is 4. The van der Waals surface area contributed by atoms with Gasteiger partial charge in [0.05, 0.1) is 0 Å². The van der Waals surface area contributed by atoms with Crippen molar-refractivity contribution in [2.45, 2.75) is 26.4 Å². The first-order valence-corrected chi connectivity index (χ1v) is 7.78. The summed E-state index contributed by atoms with van der Waals surface area (Å²) in [5.74, 6) is 0.181. The summed E-state index contributed by atoms with van der Waals surface area (Å²) in [5.41, 5.74) is -0.0520. The summed E-state index contributed by atoms with van der Waals surface area (Å²) < 4.78 is 6.30. The van der Waals surface area contributed by atoms with Gasteiger partial charge in [0.25, 0.3) is 5.56 Å². The van der Waals surface area contributed by atoms with E-state index in [-0.39, 0.29) is 12.4 Å². The van der Waals surface area contributed by atoms with Gasteiger partial charge in [-0.2, -0.15) is 4.98 Å². The maximum absolute atomic E-state index is 12.2. The van der Waals surface area contributed by atoms with Gasteiger partial charge >= 0.3 is 5.69 Å². The van der Waals surface area contributed by atoms with Crippen molar-refractivity contribution in [1.29, 1.82) is 0 Å². The highest BCUT2D eigenvalue weighted by Crippen LogP contribution is 2.17. The molecule has 1 atom stereocenters. The van der Waals surface area contributed by atoms with Crippen LogP contribution < -0.4 is 16.6 Å². The highest BCUT2D eigenvalue weighted by Gasteiger charge is 2.18. The summed E-state index contributed by atoms with van der Waals surface area (Å²) >= 11 is 0. The van der Waals surface area contributed by atoms with Crippen molar-refractivity contribution in [3.05, 3.63) is 63.0 Å². The van der Waals surface area contributed by atoms with Crippen molar-refractivity contribution in [3.63, 3.8) is 0 Å². The minimum absolute atomic E-state index is 0.232. The molecule has 1 amide bonds. The number of hydrogen-bond acceptors (Lipinski definition) is 7. The molecule has 0 aromatic carbocycles. The van der Waals surface area contributed by atoms with Gasteiger partial charge < -0.3 is 9.84 Å². The van der Waals surface area contributed by atoms with Crippen LogP contribution in [0.5, 0.6) is 0 Å². The number of aryl methyl sites for hydroxylation is 1. The van der Waals surface area contributed by atoms with E-state index in [0.29, 0.717) is 11.4 Å². The molecule has 0 bridgehead atoms. The van der Waals surface area contributed by atoms with Gasteiger partial charge in [0, 0.05) is 29.7 Å². The van der Waals surface area contributed by atoms with Crippen LogP contribution in [0, 0.1) is 6.92 Å². The molecule has 2 N–H and O–H groups in total. The number of pyridine rings is 1. The molecule has 26 heavy (non-hydrogen) atoms. The first kappa shape index (κ1) is 17.3. The minimum atomic E-state index is -0.652. The van der Waals surface area contributed by atoms with E-state index in [9.17, 15) is 14.4 Å². The Morgan fingerprint density at radius 3 is 2.81 bits per heavy atom. The van der Waals surface area contributed by atoms with Crippen molar-refractivity contribution in [2.75, 3.05) is 0 Å². The van der Waals surface area contributed by atoms with E-state index in [4.69, 9.17) is 4.52 Å². The summed E-state index contributed by atoms with van der Waals surface area (Å²) in [5, 5.41) is 6.55. The van der Waals surface area contributed by atoms with Gasteiger partial charge in [0.1, 0.15) is 12.6 Å². The molecule has 0 spiro atoms. The summed E-state index contributed by atoms with van der Waals surface area (Å²) in [6.45, 7) is 2.99. The Morgan fingerprint density at radius 2 is 2.08 bits per heavy atom. The minimum Gasteiger partial charge on any atom is -0.343 e. The van der Waals surface area contributed by atoms with E-state index in [2.05, 4.69) is 25.4 Å². The van der Waals surface area contributed by atoms with Crippen LogP contribution in [0.15, 0.2) is 44.8 Å². The average molecular weight is 356 g/mol. The first-order chi connectivity index (χ1) is 12.4. The number of nitrogens with one attached hydrogen (secondary N) is 2. The normalized spacial score (nSPS) is 11.9. The maximum Gasteiger partial charge on any atom is 0.328 e. The lowest BCUT2D eigenvalue weighted by atomic mass is 10.2. The second-order valence-electron chi connectivity index (χ2n) is 5.68. The lowest BCUT2D eigenvalue weighted by Gasteiger charge is -2.11. The van der Waals surface area contributed by atoms with Crippen LogP contribution in [-0.2, 0) is 11.3 Å². The number of aromatic amines is 1. The number of hydrogen-bond donors (Lipinski definition) is 2. The van der Waals surface area contributed by atoms with Gasteiger partial charge in [0.15, 0.2) is 0 Å². The molecule has 0 aliphatic rings. The molecule has 0 aliphatic heterocycles. The summed E-state index contributed by atoms with van der Waals surface area (Å²) in [4.78, 5) is 45.6. The molecule has 10 nitrogen and oxygen atoms in total. The van der Waals surface area contributed by atoms with E-state index in [1.165, 1.54) is 6.20 Å². The Labute approximate surface area is 146 Å². The zero-order valence-corrected chi connectivity index (χ0v) is 14.1. The molecular formula is C16H16N6O4. The molecule has 0 saturated carbocycles. The smallest absolute Gasteiger partial charge is 0.328 e.